The zero-order valence-corrected chi connectivity index (χ0v) is 19.7. The molecule has 35 heavy (non-hydrogen) atoms. The quantitative estimate of drug-likeness (QED) is 0.289. The van der Waals surface area contributed by atoms with Gasteiger partial charge in [0.1, 0.15) is 11.6 Å². The lowest BCUT2D eigenvalue weighted by Crippen LogP contribution is -2.26. The molecule has 3 aromatic rings. The second kappa shape index (κ2) is 11.9. The summed E-state index contributed by atoms with van der Waals surface area (Å²) in [6.45, 7) is 2.70. The number of carbonyl (C=O) groups is 1. The first-order chi connectivity index (χ1) is 17.2. The van der Waals surface area contributed by atoms with Crippen molar-refractivity contribution in [2.24, 2.45) is 0 Å². The van der Waals surface area contributed by atoms with Gasteiger partial charge in [-0.25, -0.2) is 0 Å². The maximum Gasteiger partial charge on any atom is 0.261 e. The first-order valence-corrected chi connectivity index (χ1v) is 11.6. The SMILES string of the molecule is COCCCNC(=O)/C(C#N)=C/c1cn(Cc2ccccc2)nc1-c1ccc2c(c1)OCCCO2. The highest BCUT2D eigenvalue weighted by Crippen LogP contribution is 2.35. The Balaban J connectivity index is 1.68. The van der Waals surface area contributed by atoms with Crippen molar-refractivity contribution < 1.29 is 19.0 Å². The van der Waals surface area contributed by atoms with Crippen LogP contribution in [-0.2, 0) is 16.1 Å². The van der Waals surface area contributed by atoms with Crippen molar-refractivity contribution in [2.45, 2.75) is 19.4 Å². The Kier molecular flexibility index (Phi) is 8.15. The van der Waals surface area contributed by atoms with E-state index >= 15 is 0 Å². The first kappa shape index (κ1) is 24.0. The van der Waals surface area contributed by atoms with Gasteiger partial charge in [0.25, 0.3) is 5.91 Å². The highest BCUT2D eigenvalue weighted by molar-refractivity contribution is 6.02. The van der Waals surface area contributed by atoms with Crippen LogP contribution in [0.5, 0.6) is 11.5 Å². The summed E-state index contributed by atoms with van der Waals surface area (Å²) in [6, 6.07) is 17.7. The van der Waals surface area contributed by atoms with E-state index in [2.05, 4.69) is 5.32 Å². The second-order valence-corrected chi connectivity index (χ2v) is 8.10. The number of methoxy groups -OCH3 is 1. The number of fused-ring (bicyclic) bond motifs is 1. The predicted octanol–water partition coefficient (Wildman–Crippen LogP) is 3.82. The molecule has 1 N–H and O–H groups in total. The van der Waals surface area contributed by atoms with Crippen LogP contribution < -0.4 is 14.8 Å². The number of amides is 1. The molecule has 1 aliphatic rings. The van der Waals surface area contributed by atoms with Crippen LogP contribution in [0.1, 0.15) is 24.0 Å². The highest BCUT2D eigenvalue weighted by Gasteiger charge is 2.17. The van der Waals surface area contributed by atoms with Crippen molar-refractivity contribution >= 4 is 12.0 Å². The van der Waals surface area contributed by atoms with Crippen LogP contribution >= 0.6 is 0 Å². The number of hydrogen-bond donors (Lipinski definition) is 1. The molecule has 8 nitrogen and oxygen atoms in total. The number of rotatable bonds is 9. The number of hydrogen-bond acceptors (Lipinski definition) is 6. The normalized spacial score (nSPS) is 13.1. The van der Waals surface area contributed by atoms with Gasteiger partial charge in [-0.05, 0) is 36.3 Å². The van der Waals surface area contributed by atoms with E-state index in [0.717, 1.165) is 17.5 Å². The van der Waals surface area contributed by atoms with Gasteiger partial charge in [-0.2, -0.15) is 10.4 Å². The van der Waals surface area contributed by atoms with Crippen LogP contribution in [0.3, 0.4) is 0 Å². The maximum atomic E-state index is 12.6. The van der Waals surface area contributed by atoms with Crippen molar-refractivity contribution in [1.29, 1.82) is 5.26 Å². The molecular weight excluding hydrogens is 444 g/mol. The number of aromatic nitrogens is 2. The molecular formula is C27H28N4O4. The molecule has 2 heterocycles. The standard InChI is InChI=1S/C27H28N4O4/c1-33-12-5-11-29-27(32)22(17-28)15-23-19-31(18-20-7-3-2-4-8-20)30-26(23)21-9-10-24-25(16-21)35-14-6-13-34-24/h2-4,7-10,15-16,19H,5-6,11-14,18H2,1H3,(H,29,32)/b22-15+. The summed E-state index contributed by atoms with van der Waals surface area (Å²) in [7, 11) is 1.61. The molecule has 0 aliphatic carbocycles. The number of benzene rings is 2. The molecule has 8 heteroatoms. The number of carbonyl (C=O) groups excluding carboxylic acids is 1. The molecule has 0 atom stereocenters. The summed E-state index contributed by atoms with van der Waals surface area (Å²) >= 11 is 0. The Labute approximate surface area is 204 Å². The van der Waals surface area contributed by atoms with E-state index in [-0.39, 0.29) is 5.57 Å². The first-order valence-electron chi connectivity index (χ1n) is 11.6. The number of nitrogens with one attached hydrogen (secondary N) is 1. The van der Waals surface area contributed by atoms with Crippen LogP contribution in [0.25, 0.3) is 17.3 Å². The lowest BCUT2D eigenvalue weighted by atomic mass is 10.1. The highest BCUT2D eigenvalue weighted by atomic mass is 16.5. The summed E-state index contributed by atoms with van der Waals surface area (Å²) in [5.41, 5.74) is 3.23. The van der Waals surface area contributed by atoms with Gasteiger partial charge >= 0.3 is 0 Å². The summed E-state index contributed by atoms with van der Waals surface area (Å²) in [4.78, 5) is 12.6. The van der Waals surface area contributed by atoms with Crippen molar-refractivity contribution in [1.82, 2.24) is 15.1 Å². The van der Waals surface area contributed by atoms with Crippen LogP contribution in [-0.4, -0.2) is 49.2 Å². The van der Waals surface area contributed by atoms with E-state index in [0.29, 0.717) is 62.1 Å². The number of ether oxygens (including phenoxy) is 3. The van der Waals surface area contributed by atoms with E-state index in [1.165, 1.54) is 0 Å². The van der Waals surface area contributed by atoms with Crippen LogP contribution in [0.15, 0.2) is 60.3 Å². The molecule has 0 fully saturated rings. The summed E-state index contributed by atoms with van der Waals surface area (Å²) in [5.74, 6) is 0.924. The summed E-state index contributed by atoms with van der Waals surface area (Å²) < 4.78 is 18.4. The average molecular weight is 473 g/mol. The zero-order valence-electron chi connectivity index (χ0n) is 19.7. The van der Waals surface area contributed by atoms with E-state index in [1.807, 2.05) is 65.5 Å². The van der Waals surface area contributed by atoms with Gasteiger partial charge in [-0.3, -0.25) is 9.48 Å². The van der Waals surface area contributed by atoms with Crippen molar-refractivity contribution in [3.63, 3.8) is 0 Å². The maximum absolute atomic E-state index is 12.6. The molecule has 1 aliphatic heterocycles. The van der Waals surface area contributed by atoms with Crippen LogP contribution in [0.4, 0.5) is 0 Å². The molecule has 0 bridgehead atoms. The lowest BCUT2D eigenvalue weighted by molar-refractivity contribution is -0.117. The Hall–Kier alpha value is -4.09. The molecule has 2 aromatic carbocycles. The Morgan fingerprint density at radius 3 is 2.77 bits per heavy atom. The third kappa shape index (κ3) is 6.28. The molecule has 0 spiro atoms. The topological polar surface area (TPSA) is 98.4 Å². The largest absolute Gasteiger partial charge is 0.490 e. The fourth-order valence-corrected chi connectivity index (χ4v) is 3.75. The molecule has 1 amide bonds. The second-order valence-electron chi connectivity index (χ2n) is 8.10. The minimum atomic E-state index is -0.427. The summed E-state index contributed by atoms with van der Waals surface area (Å²) in [6.07, 6.45) is 4.91. The van der Waals surface area contributed by atoms with Crippen molar-refractivity contribution in [3.05, 3.63) is 71.4 Å². The van der Waals surface area contributed by atoms with Crippen molar-refractivity contribution in [3.8, 4) is 28.8 Å². The van der Waals surface area contributed by atoms with Gasteiger partial charge in [-0.15, -0.1) is 0 Å². The fourth-order valence-electron chi connectivity index (χ4n) is 3.75. The molecule has 0 unspecified atom stereocenters. The van der Waals surface area contributed by atoms with E-state index in [1.54, 1.807) is 13.2 Å². The molecule has 4 rings (SSSR count). The molecule has 0 saturated carbocycles. The predicted molar refractivity (Wildman–Crippen MR) is 132 cm³/mol. The van der Waals surface area contributed by atoms with Gasteiger partial charge in [0.15, 0.2) is 11.5 Å². The molecule has 0 radical (unpaired) electrons. The van der Waals surface area contributed by atoms with Gasteiger partial charge in [0.2, 0.25) is 0 Å². The van der Waals surface area contributed by atoms with E-state index in [9.17, 15) is 10.1 Å². The van der Waals surface area contributed by atoms with Crippen LogP contribution in [0.2, 0.25) is 0 Å². The Morgan fingerprint density at radius 2 is 2.00 bits per heavy atom. The van der Waals surface area contributed by atoms with Gasteiger partial charge in [0.05, 0.1) is 25.5 Å². The molecule has 180 valence electrons. The molecule has 0 saturated heterocycles. The Morgan fingerprint density at radius 1 is 1.20 bits per heavy atom. The van der Waals surface area contributed by atoms with E-state index in [4.69, 9.17) is 19.3 Å². The average Bonchev–Trinajstić information content (AvgIpc) is 3.12. The fraction of sp³-hybridized carbons (Fsp3) is 0.296. The minimum Gasteiger partial charge on any atom is -0.490 e. The number of nitrogens with zero attached hydrogens (tertiary/aromatic N) is 3. The third-order valence-electron chi connectivity index (χ3n) is 5.47. The number of nitriles is 1. The third-order valence-corrected chi connectivity index (χ3v) is 5.47. The lowest BCUT2D eigenvalue weighted by Gasteiger charge is -2.09. The van der Waals surface area contributed by atoms with Crippen molar-refractivity contribution in [2.75, 3.05) is 33.5 Å². The minimum absolute atomic E-state index is 0.0114. The smallest absolute Gasteiger partial charge is 0.261 e. The zero-order chi connectivity index (χ0) is 24.5. The summed E-state index contributed by atoms with van der Waals surface area (Å²) in [5, 5.41) is 17.3. The van der Waals surface area contributed by atoms with Crippen LogP contribution in [0, 0.1) is 11.3 Å². The van der Waals surface area contributed by atoms with Gasteiger partial charge < -0.3 is 19.5 Å². The molecule has 1 aromatic heterocycles. The van der Waals surface area contributed by atoms with Gasteiger partial charge in [0, 0.05) is 44.0 Å². The Bertz CT molecular complexity index is 1230. The monoisotopic (exact) mass is 472 g/mol. The van der Waals surface area contributed by atoms with Gasteiger partial charge in [-0.1, -0.05) is 30.3 Å². The van der Waals surface area contributed by atoms with E-state index < -0.39 is 5.91 Å².